The van der Waals surface area contributed by atoms with Gasteiger partial charge in [-0.25, -0.2) is 4.79 Å². The number of carboxylic acids is 1. The zero-order valence-corrected chi connectivity index (χ0v) is 20.5. The third kappa shape index (κ3) is 22.3. The molecule has 1 atom stereocenters. The molecule has 0 saturated heterocycles. The monoisotopic (exact) mass is 446 g/mol. The molecule has 0 radical (unpaired) electrons. The van der Waals surface area contributed by atoms with Gasteiger partial charge in [-0.15, -0.1) is 0 Å². The number of carbonyl (C=O) groups is 2. The molecule has 0 heterocycles. The Hall–Kier alpha value is -2.40. The van der Waals surface area contributed by atoms with Crippen LogP contribution in [0.15, 0.2) is 60.8 Å². The number of carboxylic acid groups (broad SMARTS) is 1. The Kier molecular flexibility index (Phi) is 17.9. The summed E-state index contributed by atoms with van der Waals surface area (Å²) in [4.78, 5) is 22.9. The van der Waals surface area contributed by atoms with Gasteiger partial charge < -0.3 is 14.3 Å². The summed E-state index contributed by atoms with van der Waals surface area (Å²) in [6, 6.07) is 0. The highest BCUT2D eigenvalue weighted by Crippen LogP contribution is 2.08. The second kappa shape index (κ2) is 19.3. The summed E-state index contributed by atoms with van der Waals surface area (Å²) < 4.78 is 5.79. The lowest BCUT2D eigenvalue weighted by Gasteiger charge is -2.28. The molecule has 32 heavy (non-hydrogen) atoms. The van der Waals surface area contributed by atoms with Crippen LogP contribution in [0.2, 0.25) is 0 Å². The van der Waals surface area contributed by atoms with Crippen LogP contribution < -0.4 is 0 Å². The lowest BCUT2D eigenvalue weighted by Crippen LogP contribution is -2.43. The van der Waals surface area contributed by atoms with Crippen molar-refractivity contribution in [3.05, 3.63) is 60.8 Å². The third-order valence-electron chi connectivity index (χ3n) is 4.56. The van der Waals surface area contributed by atoms with Crippen molar-refractivity contribution >= 4 is 11.9 Å². The number of hydrogen-bond donors (Lipinski definition) is 1. The van der Waals surface area contributed by atoms with E-state index in [2.05, 4.69) is 19.1 Å². The highest BCUT2D eigenvalue weighted by Gasteiger charge is 2.23. The van der Waals surface area contributed by atoms with Crippen molar-refractivity contribution in [2.45, 2.75) is 70.8 Å². The smallest absolute Gasteiger partial charge is 0.331 e. The summed E-state index contributed by atoms with van der Waals surface area (Å²) in [5, 5.41) is 8.98. The molecule has 180 valence electrons. The number of nitrogens with zero attached hydrogens (tertiary/aromatic N) is 1. The summed E-state index contributed by atoms with van der Waals surface area (Å²) in [6.07, 6.45) is 28.1. The van der Waals surface area contributed by atoms with Gasteiger partial charge in [-0.3, -0.25) is 4.79 Å². The number of quaternary nitrogens is 1. The first kappa shape index (κ1) is 29.6. The normalized spacial score (nSPS) is 13.9. The van der Waals surface area contributed by atoms with Crippen LogP contribution >= 0.6 is 0 Å². The molecule has 0 unspecified atom stereocenters. The number of rotatable bonds is 18. The Morgan fingerprint density at radius 2 is 1.34 bits per heavy atom. The first-order valence-electron chi connectivity index (χ1n) is 11.8. The van der Waals surface area contributed by atoms with Crippen molar-refractivity contribution in [3.63, 3.8) is 0 Å². The Morgan fingerprint density at radius 1 is 0.812 bits per heavy atom. The van der Waals surface area contributed by atoms with Crippen molar-refractivity contribution in [3.8, 4) is 0 Å². The highest BCUT2D eigenvalue weighted by molar-refractivity contribution is 5.82. The van der Waals surface area contributed by atoms with E-state index in [1.165, 1.54) is 51.0 Å². The Balaban J connectivity index is 4.07. The van der Waals surface area contributed by atoms with E-state index in [0.717, 1.165) is 6.42 Å². The molecule has 0 bridgehead atoms. The van der Waals surface area contributed by atoms with Gasteiger partial charge in [0.2, 0.25) is 0 Å². The maximum absolute atomic E-state index is 11.9. The Bertz CT molecular complexity index is 651. The zero-order valence-electron chi connectivity index (χ0n) is 20.5. The fourth-order valence-electron chi connectivity index (χ4n) is 3.07. The molecular formula is C27H44NO4+. The first-order chi connectivity index (χ1) is 15.2. The molecule has 0 aromatic heterocycles. The summed E-state index contributed by atoms with van der Waals surface area (Å²) >= 11 is 0. The highest BCUT2D eigenvalue weighted by atomic mass is 16.5. The van der Waals surface area contributed by atoms with E-state index < -0.39 is 18.0 Å². The van der Waals surface area contributed by atoms with Crippen LogP contribution in [0.4, 0.5) is 0 Å². The van der Waals surface area contributed by atoms with Crippen molar-refractivity contribution in [2.75, 3.05) is 27.7 Å². The van der Waals surface area contributed by atoms with Gasteiger partial charge in [0.05, 0.1) is 27.6 Å². The molecule has 0 spiro atoms. The second-order valence-corrected chi connectivity index (χ2v) is 8.98. The van der Waals surface area contributed by atoms with Crippen LogP contribution in [0.25, 0.3) is 0 Å². The summed E-state index contributed by atoms with van der Waals surface area (Å²) in [7, 11) is 5.77. The quantitative estimate of drug-likeness (QED) is 0.0922. The van der Waals surface area contributed by atoms with Crippen LogP contribution in [0, 0.1) is 0 Å². The minimum atomic E-state index is -0.981. The van der Waals surface area contributed by atoms with E-state index in [9.17, 15) is 9.59 Å². The average molecular weight is 447 g/mol. The Labute approximate surface area is 195 Å². The molecule has 5 heteroatoms. The van der Waals surface area contributed by atoms with Crippen LogP contribution in [0.1, 0.15) is 64.7 Å². The molecule has 0 aromatic rings. The fourth-order valence-corrected chi connectivity index (χ4v) is 3.07. The molecule has 0 aliphatic rings. The van der Waals surface area contributed by atoms with Crippen LogP contribution in [0.3, 0.4) is 0 Å². The predicted molar refractivity (Wildman–Crippen MR) is 133 cm³/mol. The van der Waals surface area contributed by atoms with Crippen LogP contribution in [-0.4, -0.2) is 55.3 Å². The van der Waals surface area contributed by atoms with Gasteiger partial charge in [-0.05, 0) is 12.8 Å². The van der Waals surface area contributed by atoms with Crippen molar-refractivity contribution in [2.24, 2.45) is 0 Å². The number of ether oxygens (including phenoxy) is 1. The van der Waals surface area contributed by atoms with Gasteiger partial charge >= 0.3 is 11.9 Å². The topological polar surface area (TPSA) is 63.6 Å². The maximum Gasteiger partial charge on any atom is 0.331 e. The summed E-state index contributed by atoms with van der Waals surface area (Å²) in [5.74, 6) is -1.52. The van der Waals surface area contributed by atoms with E-state index in [1.54, 1.807) is 12.2 Å². The third-order valence-corrected chi connectivity index (χ3v) is 4.56. The molecule has 0 rings (SSSR count). The second-order valence-electron chi connectivity index (χ2n) is 8.98. The fraction of sp³-hybridized carbons (Fsp3) is 0.556. The largest absolute Gasteiger partial charge is 0.481 e. The number of likely N-dealkylation sites (N-methyl/N-ethyl adjacent to an activating group) is 1. The molecule has 0 amide bonds. The predicted octanol–water partition coefficient (Wildman–Crippen LogP) is 6.00. The number of unbranched alkanes of at least 4 members (excludes halogenated alkanes) is 7. The van der Waals surface area contributed by atoms with E-state index in [1.807, 2.05) is 51.5 Å². The summed E-state index contributed by atoms with van der Waals surface area (Å²) in [6.45, 7) is 2.68. The maximum atomic E-state index is 11.9. The molecular weight excluding hydrogens is 402 g/mol. The lowest BCUT2D eigenvalue weighted by atomic mass is 10.1. The molecule has 5 nitrogen and oxygen atoms in total. The van der Waals surface area contributed by atoms with Gasteiger partial charge in [-0.2, -0.15) is 0 Å². The Morgan fingerprint density at radius 3 is 1.91 bits per heavy atom. The molecule has 0 fully saturated rings. The van der Waals surface area contributed by atoms with Gasteiger partial charge in [0.15, 0.2) is 6.10 Å². The zero-order chi connectivity index (χ0) is 24.1. The molecule has 0 aliphatic heterocycles. The number of aliphatic carboxylic acids is 1. The number of hydrogen-bond acceptors (Lipinski definition) is 3. The average Bonchev–Trinajstić information content (AvgIpc) is 2.68. The molecule has 0 saturated carbocycles. The van der Waals surface area contributed by atoms with Crippen molar-refractivity contribution in [1.29, 1.82) is 0 Å². The van der Waals surface area contributed by atoms with E-state index in [4.69, 9.17) is 9.84 Å². The number of allylic oxidation sites excluding steroid dienone is 9. The SMILES string of the molecule is CCCCCCCCCC=CC=CC=CC=CC=CC(=O)O[C@H](CC(=O)O)C[N+](C)(C)C. The van der Waals surface area contributed by atoms with Gasteiger partial charge in [0.25, 0.3) is 0 Å². The van der Waals surface area contributed by atoms with Crippen molar-refractivity contribution < 1.29 is 23.9 Å². The number of carbonyl (C=O) groups excluding carboxylic acids is 1. The van der Waals surface area contributed by atoms with Crippen molar-refractivity contribution in [1.82, 2.24) is 0 Å². The van der Waals surface area contributed by atoms with Gasteiger partial charge in [0, 0.05) is 6.08 Å². The van der Waals surface area contributed by atoms with Gasteiger partial charge in [0.1, 0.15) is 6.54 Å². The summed E-state index contributed by atoms with van der Waals surface area (Å²) in [5.41, 5.74) is 0. The lowest BCUT2D eigenvalue weighted by molar-refractivity contribution is -0.873. The standard InChI is InChI=1S/C27H43NO4/c1-5-6-7-8-9-10-11-12-13-14-15-16-17-18-19-20-21-22-27(31)32-25(23-26(29)30)24-28(2,3)4/h13-22,25H,5-12,23-24H2,1-4H3/p+1/t25-/m1/s1. The molecule has 0 aliphatic carbocycles. The first-order valence-corrected chi connectivity index (χ1v) is 11.8. The molecule has 0 aromatic carbocycles. The number of esters is 1. The van der Waals surface area contributed by atoms with E-state index in [0.29, 0.717) is 11.0 Å². The minimum absolute atomic E-state index is 0.201. The van der Waals surface area contributed by atoms with E-state index >= 15 is 0 Å². The van der Waals surface area contributed by atoms with Crippen LogP contribution in [0.5, 0.6) is 0 Å². The van der Waals surface area contributed by atoms with Crippen LogP contribution in [-0.2, 0) is 14.3 Å². The van der Waals surface area contributed by atoms with Gasteiger partial charge in [-0.1, -0.05) is 100 Å². The molecule has 1 N–H and O–H groups in total. The minimum Gasteiger partial charge on any atom is -0.481 e. The van der Waals surface area contributed by atoms with E-state index in [-0.39, 0.29) is 6.42 Å².